The maximum atomic E-state index is 10.9. The Hall–Kier alpha value is -2.54. The summed E-state index contributed by atoms with van der Waals surface area (Å²) in [5, 5.41) is 10.9. The molecule has 1 aliphatic carbocycles. The monoisotopic (exact) mass is 354 g/mol. The number of anilines is 1. The molecule has 1 unspecified atom stereocenters. The first-order valence-corrected chi connectivity index (χ1v) is 9.13. The summed E-state index contributed by atoms with van der Waals surface area (Å²) in [4.78, 5) is 22.3. The Labute approximate surface area is 152 Å². The smallest absolute Gasteiger partial charge is 0.269 e. The third kappa shape index (κ3) is 3.39. The molecule has 0 bridgehead atoms. The van der Waals surface area contributed by atoms with E-state index in [-0.39, 0.29) is 5.69 Å². The Morgan fingerprint density at radius 1 is 1.27 bits per heavy atom. The number of rotatable bonds is 5. The van der Waals surface area contributed by atoms with E-state index in [9.17, 15) is 10.1 Å². The molecule has 0 amide bonds. The second kappa shape index (κ2) is 6.99. The molecular formula is C19H22N4O3. The van der Waals surface area contributed by atoms with E-state index in [1.807, 2.05) is 0 Å². The summed E-state index contributed by atoms with van der Waals surface area (Å²) in [6.45, 7) is 4.37. The van der Waals surface area contributed by atoms with Gasteiger partial charge in [0.15, 0.2) is 5.82 Å². The number of nitrogens with zero attached hydrogens (tertiary/aromatic N) is 4. The van der Waals surface area contributed by atoms with Crippen LogP contribution < -0.4 is 4.90 Å². The van der Waals surface area contributed by atoms with Gasteiger partial charge in [0.25, 0.3) is 5.69 Å². The summed E-state index contributed by atoms with van der Waals surface area (Å²) in [5.74, 6) is 2.25. The SMILES string of the molecule is CCc1cc(N2CCOCC2C2CC2)nc(-c2ccc([N+](=O)[O-])cc2)n1. The van der Waals surface area contributed by atoms with Crippen molar-refractivity contribution in [3.63, 3.8) is 0 Å². The van der Waals surface area contributed by atoms with Crippen LogP contribution in [-0.4, -0.2) is 40.7 Å². The Bertz CT molecular complexity index is 805. The highest BCUT2D eigenvalue weighted by Crippen LogP contribution is 2.38. The van der Waals surface area contributed by atoms with Crippen molar-refractivity contribution in [2.45, 2.75) is 32.2 Å². The zero-order chi connectivity index (χ0) is 18.1. The largest absolute Gasteiger partial charge is 0.377 e. The Morgan fingerprint density at radius 3 is 2.69 bits per heavy atom. The molecule has 0 N–H and O–H groups in total. The quantitative estimate of drug-likeness (QED) is 0.606. The fraction of sp³-hybridized carbons (Fsp3) is 0.474. The van der Waals surface area contributed by atoms with Crippen molar-refractivity contribution < 1.29 is 9.66 Å². The molecule has 26 heavy (non-hydrogen) atoms. The Morgan fingerprint density at radius 2 is 2.04 bits per heavy atom. The number of benzene rings is 1. The van der Waals surface area contributed by atoms with Crippen LogP contribution in [0.15, 0.2) is 30.3 Å². The number of aryl methyl sites for hydroxylation is 1. The van der Waals surface area contributed by atoms with E-state index >= 15 is 0 Å². The Kier molecular flexibility index (Phi) is 4.55. The van der Waals surface area contributed by atoms with Gasteiger partial charge in [0.2, 0.25) is 0 Å². The molecule has 1 atom stereocenters. The van der Waals surface area contributed by atoms with Gasteiger partial charge in [-0.05, 0) is 37.3 Å². The predicted molar refractivity (Wildman–Crippen MR) is 98.2 cm³/mol. The minimum absolute atomic E-state index is 0.0718. The molecule has 2 aliphatic rings. The maximum Gasteiger partial charge on any atom is 0.269 e. The third-order valence-electron chi connectivity index (χ3n) is 5.09. The number of nitro groups is 1. The van der Waals surface area contributed by atoms with Gasteiger partial charge in [-0.2, -0.15) is 0 Å². The zero-order valence-electron chi connectivity index (χ0n) is 14.8. The van der Waals surface area contributed by atoms with Crippen LogP contribution in [0.3, 0.4) is 0 Å². The molecule has 2 fully saturated rings. The highest BCUT2D eigenvalue weighted by molar-refractivity contribution is 5.60. The standard InChI is InChI=1S/C19H22N4O3/c1-2-15-11-18(22-9-10-26-12-17(22)13-3-4-13)21-19(20-15)14-5-7-16(8-6-14)23(24)25/h5-8,11,13,17H,2-4,9-10,12H2,1H3. The molecule has 1 saturated heterocycles. The summed E-state index contributed by atoms with van der Waals surface area (Å²) in [5.41, 5.74) is 1.84. The van der Waals surface area contributed by atoms with Crippen LogP contribution in [0.4, 0.5) is 11.5 Å². The Balaban J connectivity index is 1.69. The first-order chi connectivity index (χ1) is 12.7. The first kappa shape index (κ1) is 16.9. The van der Waals surface area contributed by atoms with Crippen LogP contribution in [0.5, 0.6) is 0 Å². The van der Waals surface area contributed by atoms with Gasteiger partial charge in [0, 0.05) is 36.0 Å². The molecule has 136 valence electrons. The van der Waals surface area contributed by atoms with Crippen molar-refractivity contribution >= 4 is 11.5 Å². The van der Waals surface area contributed by atoms with E-state index in [2.05, 4.69) is 22.9 Å². The van der Waals surface area contributed by atoms with Crippen molar-refractivity contribution in [2.75, 3.05) is 24.7 Å². The normalized spacial score (nSPS) is 20.2. The summed E-state index contributed by atoms with van der Waals surface area (Å²) in [7, 11) is 0. The molecule has 2 heterocycles. The van der Waals surface area contributed by atoms with E-state index in [0.717, 1.165) is 36.6 Å². The number of nitro benzene ring substituents is 1. The van der Waals surface area contributed by atoms with Crippen molar-refractivity contribution in [3.05, 3.63) is 46.1 Å². The highest BCUT2D eigenvalue weighted by Gasteiger charge is 2.38. The average molecular weight is 354 g/mol. The lowest BCUT2D eigenvalue weighted by atomic mass is 10.1. The van der Waals surface area contributed by atoms with Gasteiger partial charge in [-0.25, -0.2) is 9.97 Å². The number of aromatic nitrogens is 2. The molecule has 2 aromatic rings. The molecule has 1 aromatic carbocycles. The zero-order valence-corrected chi connectivity index (χ0v) is 14.8. The van der Waals surface area contributed by atoms with Gasteiger partial charge in [0.1, 0.15) is 5.82 Å². The second-order valence-electron chi connectivity index (χ2n) is 6.87. The fourth-order valence-electron chi connectivity index (χ4n) is 3.45. The second-order valence-corrected chi connectivity index (χ2v) is 6.87. The number of ether oxygens (including phenoxy) is 1. The van der Waals surface area contributed by atoms with Gasteiger partial charge in [-0.15, -0.1) is 0 Å². The van der Waals surface area contributed by atoms with E-state index in [1.165, 1.54) is 25.0 Å². The maximum absolute atomic E-state index is 10.9. The van der Waals surface area contributed by atoms with Crippen LogP contribution in [0, 0.1) is 16.0 Å². The highest BCUT2D eigenvalue weighted by atomic mass is 16.6. The van der Waals surface area contributed by atoms with Crippen LogP contribution in [0.25, 0.3) is 11.4 Å². The average Bonchev–Trinajstić information content (AvgIpc) is 3.53. The number of morpholine rings is 1. The number of hydrogen-bond acceptors (Lipinski definition) is 6. The van der Waals surface area contributed by atoms with Crippen LogP contribution in [0.1, 0.15) is 25.5 Å². The molecule has 4 rings (SSSR count). The summed E-state index contributed by atoms with van der Waals surface area (Å²) in [6.07, 6.45) is 3.32. The summed E-state index contributed by atoms with van der Waals surface area (Å²) >= 11 is 0. The summed E-state index contributed by atoms with van der Waals surface area (Å²) in [6, 6.07) is 8.88. The van der Waals surface area contributed by atoms with Gasteiger partial charge in [0.05, 0.1) is 24.2 Å². The van der Waals surface area contributed by atoms with Gasteiger partial charge < -0.3 is 9.64 Å². The summed E-state index contributed by atoms with van der Waals surface area (Å²) < 4.78 is 5.69. The van der Waals surface area contributed by atoms with E-state index < -0.39 is 4.92 Å². The lowest BCUT2D eigenvalue weighted by Crippen LogP contribution is -2.47. The molecule has 0 radical (unpaired) electrons. The van der Waals surface area contributed by atoms with Crippen molar-refractivity contribution in [1.29, 1.82) is 0 Å². The van der Waals surface area contributed by atoms with Crippen molar-refractivity contribution in [2.24, 2.45) is 5.92 Å². The van der Waals surface area contributed by atoms with E-state index in [0.29, 0.717) is 24.4 Å². The van der Waals surface area contributed by atoms with Crippen molar-refractivity contribution in [1.82, 2.24) is 9.97 Å². The number of hydrogen-bond donors (Lipinski definition) is 0. The van der Waals surface area contributed by atoms with E-state index in [1.54, 1.807) is 12.1 Å². The molecule has 0 spiro atoms. The van der Waals surface area contributed by atoms with Crippen LogP contribution in [-0.2, 0) is 11.2 Å². The minimum Gasteiger partial charge on any atom is -0.377 e. The molecule has 1 aromatic heterocycles. The lowest BCUT2D eigenvalue weighted by molar-refractivity contribution is -0.384. The topological polar surface area (TPSA) is 81.4 Å². The van der Waals surface area contributed by atoms with Gasteiger partial charge >= 0.3 is 0 Å². The van der Waals surface area contributed by atoms with Gasteiger partial charge in [-0.3, -0.25) is 10.1 Å². The minimum atomic E-state index is -0.396. The number of non-ortho nitro benzene ring substituents is 1. The molecular weight excluding hydrogens is 332 g/mol. The molecule has 7 nitrogen and oxygen atoms in total. The van der Waals surface area contributed by atoms with Gasteiger partial charge in [-0.1, -0.05) is 6.92 Å². The lowest BCUT2D eigenvalue weighted by Gasteiger charge is -2.37. The third-order valence-corrected chi connectivity index (χ3v) is 5.09. The predicted octanol–water partition coefficient (Wildman–Crippen LogP) is 3.23. The molecule has 1 saturated carbocycles. The molecule has 7 heteroatoms. The molecule has 1 aliphatic heterocycles. The fourth-order valence-corrected chi connectivity index (χ4v) is 3.45. The van der Waals surface area contributed by atoms with Crippen molar-refractivity contribution in [3.8, 4) is 11.4 Å². The first-order valence-electron chi connectivity index (χ1n) is 9.13. The van der Waals surface area contributed by atoms with Crippen LogP contribution >= 0.6 is 0 Å². The van der Waals surface area contributed by atoms with E-state index in [4.69, 9.17) is 9.72 Å². The van der Waals surface area contributed by atoms with Crippen LogP contribution in [0.2, 0.25) is 0 Å².